The van der Waals surface area contributed by atoms with E-state index in [1.165, 1.54) is 5.56 Å². The van der Waals surface area contributed by atoms with Gasteiger partial charge < -0.3 is 4.57 Å². The van der Waals surface area contributed by atoms with Crippen molar-refractivity contribution in [3.63, 3.8) is 0 Å². The van der Waals surface area contributed by atoms with E-state index in [2.05, 4.69) is 30.1 Å². The summed E-state index contributed by atoms with van der Waals surface area (Å²) in [5.74, 6) is 0.899. The van der Waals surface area contributed by atoms with Crippen LogP contribution in [0, 0.1) is 18.3 Å². The molecular formula is C16H13N3. The number of fused-ring (bicyclic) bond motifs is 1. The Hall–Kier alpha value is -2.60. The lowest BCUT2D eigenvalue weighted by molar-refractivity contribution is 0.957. The van der Waals surface area contributed by atoms with Gasteiger partial charge in [0.25, 0.3) is 0 Å². The van der Waals surface area contributed by atoms with Crippen LogP contribution in [0.1, 0.15) is 11.1 Å². The molecule has 0 atom stereocenters. The Morgan fingerprint density at radius 2 is 1.89 bits per heavy atom. The van der Waals surface area contributed by atoms with Gasteiger partial charge in [-0.25, -0.2) is 4.98 Å². The molecule has 1 heterocycles. The molecule has 0 spiro atoms. The van der Waals surface area contributed by atoms with Crippen LogP contribution in [0.25, 0.3) is 22.4 Å². The van der Waals surface area contributed by atoms with Gasteiger partial charge >= 0.3 is 0 Å². The summed E-state index contributed by atoms with van der Waals surface area (Å²) < 4.78 is 2.04. The molecule has 0 amide bonds. The lowest BCUT2D eigenvalue weighted by Crippen LogP contribution is -1.93. The number of benzene rings is 2. The minimum Gasteiger partial charge on any atom is -0.327 e. The Labute approximate surface area is 111 Å². The number of rotatable bonds is 1. The zero-order chi connectivity index (χ0) is 13.4. The fraction of sp³-hybridized carbons (Fsp3) is 0.125. The van der Waals surface area contributed by atoms with Crippen molar-refractivity contribution < 1.29 is 0 Å². The molecule has 0 aliphatic carbocycles. The molecule has 0 N–H and O–H groups in total. The third kappa shape index (κ3) is 1.69. The van der Waals surface area contributed by atoms with Gasteiger partial charge in [0, 0.05) is 12.6 Å². The third-order valence-electron chi connectivity index (χ3n) is 3.42. The zero-order valence-corrected chi connectivity index (χ0v) is 10.9. The maximum Gasteiger partial charge on any atom is 0.141 e. The van der Waals surface area contributed by atoms with Gasteiger partial charge in [-0.15, -0.1) is 0 Å². The van der Waals surface area contributed by atoms with E-state index in [1.54, 1.807) is 6.07 Å². The van der Waals surface area contributed by atoms with Crippen LogP contribution >= 0.6 is 0 Å². The lowest BCUT2D eigenvalue weighted by Gasteiger charge is -2.05. The molecule has 92 valence electrons. The molecule has 0 saturated heterocycles. The van der Waals surface area contributed by atoms with Crippen molar-refractivity contribution in [3.05, 3.63) is 53.6 Å². The van der Waals surface area contributed by atoms with Crippen molar-refractivity contribution in [1.29, 1.82) is 5.26 Å². The normalized spacial score (nSPS) is 10.6. The molecule has 1 aromatic heterocycles. The predicted octanol–water partition coefficient (Wildman–Crippen LogP) is 3.42. The molecule has 0 unspecified atom stereocenters. The highest BCUT2D eigenvalue weighted by Crippen LogP contribution is 2.27. The largest absolute Gasteiger partial charge is 0.327 e. The molecule has 2 aromatic carbocycles. The van der Waals surface area contributed by atoms with E-state index in [4.69, 9.17) is 5.26 Å². The minimum absolute atomic E-state index is 0.618. The summed E-state index contributed by atoms with van der Waals surface area (Å²) in [5.41, 5.74) is 4.65. The number of nitrogens with zero attached hydrogens (tertiary/aromatic N) is 3. The van der Waals surface area contributed by atoms with Gasteiger partial charge in [-0.1, -0.05) is 30.3 Å². The first-order valence-electron chi connectivity index (χ1n) is 6.14. The number of imidazole rings is 1. The maximum absolute atomic E-state index is 9.16. The summed E-state index contributed by atoms with van der Waals surface area (Å²) in [6, 6.07) is 16.0. The highest BCUT2D eigenvalue weighted by molar-refractivity contribution is 5.85. The highest BCUT2D eigenvalue weighted by Gasteiger charge is 2.13. The van der Waals surface area contributed by atoms with Crippen molar-refractivity contribution >= 4 is 11.0 Å². The standard InChI is InChI=1S/C16H13N3/c1-11-6-3-4-8-13(11)16-18-15-12(10-17)7-5-9-14(15)19(16)2/h3-9H,1-2H3. The topological polar surface area (TPSA) is 41.6 Å². The molecule has 0 saturated carbocycles. The van der Waals surface area contributed by atoms with Crippen LogP contribution in [-0.4, -0.2) is 9.55 Å². The molecule has 3 aromatic rings. The van der Waals surface area contributed by atoms with Gasteiger partial charge in [0.1, 0.15) is 17.4 Å². The van der Waals surface area contributed by atoms with E-state index in [9.17, 15) is 0 Å². The predicted molar refractivity (Wildman–Crippen MR) is 75.6 cm³/mol. The number of nitriles is 1. The van der Waals surface area contributed by atoms with Crippen LogP contribution in [0.15, 0.2) is 42.5 Å². The summed E-state index contributed by atoms with van der Waals surface area (Å²) in [4.78, 5) is 4.65. The summed E-state index contributed by atoms with van der Waals surface area (Å²) in [7, 11) is 1.98. The smallest absolute Gasteiger partial charge is 0.141 e. The van der Waals surface area contributed by atoms with Crippen LogP contribution in [0.5, 0.6) is 0 Å². The second-order valence-electron chi connectivity index (χ2n) is 4.59. The Morgan fingerprint density at radius 3 is 2.63 bits per heavy atom. The molecule has 19 heavy (non-hydrogen) atoms. The zero-order valence-electron chi connectivity index (χ0n) is 10.9. The lowest BCUT2D eigenvalue weighted by atomic mass is 10.1. The van der Waals surface area contributed by atoms with Crippen molar-refractivity contribution in [2.75, 3.05) is 0 Å². The van der Waals surface area contributed by atoms with Gasteiger partial charge in [-0.05, 0) is 24.6 Å². The molecule has 3 nitrogen and oxygen atoms in total. The SMILES string of the molecule is Cc1ccccc1-c1nc2c(C#N)cccc2n1C. The van der Waals surface area contributed by atoms with E-state index in [0.29, 0.717) is 5.56 Å². The van der Waals surface area contributed by atoms with E-state index < -0.39 is 0 Å². The van der Waals surface area contributed by atoms with Crippen molar-refractivity contribution in [2.45, 2.75) is 6.92 Å². The summed E-state index contributed by atoms with van der Waals surface area (Å²) >= 11 is 0. The molecule has 0 aliphatic heterocycles. The fourth-order valence-electron chi connectivity index (χ4n) is 2.37. The number of hydrogen-bond donors (Lipinski definition) is 0. The van der Waals surface area contributed by atoms with Gasteiger partial charge in [0.05, 0.1) is 11.1 Å². The second-order valence-corrected chi connectivity index (χ2v) is 4.59. The fourth-order valence-corrected chi connectivity index (χ4v) is 2.37. The van der Waals surface area contributed by atoms with Crippen molar-refractivity contribution in [2.24, 2.45) is 7.05 Å². The number of para-hydroxylation sites is 1. The van der Waals surface area contributed by atoms with Crippen molar-refractivity contribution in [3.8, 4) is 17.5 Å². The number of aryl methyl sites for hydroxylation is 2. The molecule has 0 bridgehead atoms. The third-order valence-corrected chi connectivity index (χ3v) is 3.42. The molecule has 3 rings (SSSR count). The molecular weight excluding hydrogens is 234 g/mol. The van der Waals surface area contributed by atoms with Crippen LogP contribution in [-0.2, 0) is 7.05 Å². The quantitative estimate of drug-likeness (QED) is 0.661. The molecule has 0 aliphatic rings. The van der Waals surface area contributed by atoms with E-state index >= 15 is 0 Å². The van der Waals surface area contributed by atoms with E-state index in [1.807, 2.05) is 35.9 Å². The number of aromatic nitrogens is 2. The van der Waals surface area contributed by atoms with Crippen LogP contribution < -0.4 is 0 Å². The first kappa shape index (κ1) is 11.5. The Balaban J connectivity index is 2.36. The van der Waals surface area contributed by atoms with Gasteiger partial charge in [0.15, 0.2) is 0 Å². The van der Waals surface area contributed by atoms with Crippen LogP contribution in [0.4, 0.5) is 0 Å². The highest BCUT2D eigenvalue weighted by atomic mass is 15.1. The minimum atomic E-state index is 0.618. The molecule has 0 fully saturated rings. The Morgan fingerprint density at radius 1 is 1.11 bits per heavy atom. The average molecular weight is 247 g/mol. The Bertz CT molecular complexity index is 806. The number of hydrogen-bond acceptors (Lipinski definition) is 2. The first-order chi connectivity index (χ1) is 9.22. The Kier molecular flexibility index (Phi) is 2.57. The van der Waals surface area contributed by atoms with Gasteiger partial charge in [-0.3, -0.25) is 0 Å². The van der Waals surface area contributed by atoms with E-state index in [0.717, 1.165) is 22.4 Å². The summed E-state index contributed by atoms with van der Waals surface area (Å²) in [6.07, 6.45) is 0. The second kappa shape index (κ2) is 4.25. The maximum atomic E-state index is 9.16. The summed E-state index contributed by atoms with van der Waals surface area (Å²) in [5, 5.41) is 9.16. The van der Waals surface area contributed by atoms with Crippen LogP contribution in [0.3, 0.4) is 0 Å². The van der Waals surface area contributed by atoms with Crippen LogP contribution in [0.2, 0.25) is 0 Å². The first-order valence-corrected chi connectivity index (χ1v) is 6.14. The monoisotopic (exact) mass is 247 g/mol. The van der Waals surface area contributed by atoms with Gasteiger partial charge in [0.2, 0.25) is 0 Å². The van der Waals surface area contributed by atoms with E-state index in [-0.39, 0.29) is 0 Å². The molecule has 0 radical (unpaired) electrons. The van der Waals surface area contributed by atoms with Crippen molar-refractivity contribution in [1.82, 2.24) is 9.55 Å². The average Bonchev–Trinajstić information content (AvgIpc) is 2.77. The molecule has 3 heteroatoms. The summed E-state index contributed by atoms with van der Waals surface area (Å²) in [6.45, 7) is 2.07. The van der Waals surface area contributed by atoms with Gasteiger partial charge in [-0.2, -0.15) is 5.26 Å².